The van der Waals surface area contributed by atoms with Crippen molar-refractivity contribution < 1.29 is 22.8 Å². The summed E-state index contributed by atoms with van der Waals surface area (Å²) < 4.78 is 38.2. The van der Waals surface area contributed by atoms with Gasteiger partial charge in [0.25, 0.3) is 0 Å². The first-order valence-electron chi connectivity index (χ1n) is 9.40. The number of halogens is 3. The van der Waals surface area contributed by atoms with Gasteiger partial charge in [-0.2, -0.15) is 18.4 Å². The second-order valence-corrected chi connectivity index (χ2v) is 7.82. The zero-order chi connectivity index (χ0) is 24.2. The number of hydrogen-bond acceptors (Lipinski definition) is 6. The number of anilines is 2. The van der Waals surface area contributed by atoms with Crippen LogP contribution in [0.4, 0.5) is 24.1 Å². The maximum absolute atomic E-state index is 12.7. The van der Waals surface area contributed by atoms with E-state index >= 15 is 0 Å². The van der Waals surface area contributed by atoms with E-state index in [1.165, 1.54) is 6.20 Å². The van der Waals surface area contributed by atoms with Crippen LogP contribution in [0.5, 0.6) is 0 Å². The van der Waals surface area contributed by atoms with Crippen LogP contribution in [0.15, 0.2) is 55.4 Å². The van der Waals surface area contributed by atoms with Crippen molar-refractivity contribution in [2.75, 3.05) is 10.6 Å². The molecule has 1 atom stereocenters. The Labute approximate surface area is 190 Å². The predicted molar refractivity (Wildman–Crippen MR) is 117 cm³/mol. The molecule has 168 valence electrons. The monoisotopic (exact) mass is 471 g/mol. The number of rotatable bonds is 6. The number of thiazole rings is 1. The number of aromatic nitrogens is 2. The average Bonchev–Trinajstić information content (AvgIpc) is 3.27. The highest BCUT2D eigenvalue weighted by atomic mass is 32.1. The molecular formula is C22H16F3N5O2S. The Kier molecular flexibility index (Phi) is 6.89. The third-order valence-electron chi connectivity index (χ3n) is 4.56. The molecule has 2 heterocycles. The summed E-state index contributed by atoms with van der Waals surface area (Å²) in [5.74, 6) is -1.63. The van der Waals surface area contributed by atoms with Crippen molar-refractivity contribution in [3.63, 3.8) is 0 Å². The minimum Gasteiger partial charge on any atom is -0.306 e. The number of alkyl halides is 3. The third-order valence-corrected chi connectivity index (χ3v) is 5.52. The van der Waals surface area contributed by atoms with Gasteiger partial charge in [0.15, 0.2) is 10.9 Å². The van der Waals surface area contributed by atoms with Gasteiger partial charge in [0.1, 0.15) is 10.9 Å². The molecule has 0 aliphatic heterocycles. The molecule has 11 heteroatoms. The summed E-state index contributed by atoms with van der Waals surface area (Å²) in [7, 11) is 0. The molecule has 33 heavy (non-hydrogen) atoms. The van der Waals surface area contributed by atoms with Gasteiger partial charge in [0, 0.05) is 11.8 Å². The minimum atomic E-state index is -4.53. The number of nitriles is 1. The molecule has 3 rings (SSSR count). The fraction of sp³-hybridized carbons (Fsp3) is 0.136. The zero-order valence-corrected chi connectivity index (χ0v) is 17.9. The normalized spacial score (nSPS) is 11.8. The Balaban J connectivity index is 1.81. The van der Waals surface area contributed by atoms with Gasteiger partial charge in [-0.3, -0.25) is 9.59 Å². The van der Waals surface area contributed by atoms with Crippen LogP contribution in [0.2, 0.25) is 0 Å². The van der Waals surface area contributed by atoms with Crippen molar-refractivity contribution in [2.45, 2.75) is 19.0 Å². The lowest BCUT2D eigenvalue weighted by molar-refractivity contribution is -0.134. The van der Waals surface area contributed by atoms with Gasteiger partial charge in [-0.15, -0.1) is 0 Å². The Morgan fingerprint density at radius 2 is 1.94 bits per heavy atom. The highest BCUT2D eigenvalue weighted by Crippen LogP contribution is 2.35. The molecule has 0 saturated carbocycles. The quantitative estimate of drug-likeness (QED) is 0.494. The number of amides is 2. The van der Waals surface area contributed by atoms with Crippen LogP contribution in [0.1, 0.15) is 28.8 Å². The highest BCUT2D eigenvalue weighted by Gasteiger charge is 2.33. The van der Waals surface area contributed by atoms with Gasteiger partial charge in [0.05, 0.1) is 17.7 Å². The molecule has 3 aromatic rings. The van der Waals surface area contributed by atoms with E-state index in [2.05, 4.69) is 27.2 Å². The summed E-state index contributed by atoms with van der Waals surface area (Å²) in [5, 5.41) is 14.1. The fourth-order valence-electron chi connectivity index (χ4n) is 2.79. The molecule has 0 radical (unpaired) electrons. The van der Waals surface area contributed by atoms with E-state index in [4.69, 9.17) is 0 Å². The summed E-state index contributed by atoms with van der Waals surface area (Å²) >= 11 is 0.349. The van der Waals surface area contributed by atoms with Crippen molar-refractivity contribution in [1.82, 2.24) is 9.97 Å². The number of carbonyl (C=O) groups is 2. The second kappa shape index (κ2) is 9.62. The standard InChI is InChI=1S/C22H16F3N5O2S/c1-3-18(31)29-19-15(9-26)8-16(10-27-19)14-6-4-5-13(7-14)12(2)20(32)30-21-28-11-17(33-21)22(23,24)25/h3-8,10-12H,1H2,2H3,(H,27,29,31)(H,28,30,32). The minimum absolute atomic E-state index is 0.0942. The predicted octanol–water partition coefficient (Wildman–Crippen LogP) is 4.96. The van der Waals surface area contributed by atoms with Crippen LogP contribution in [0, 0.1) is 11.3 Å². The maximum Gasteiger partial charge on any atom is 0.427 e. The lowest BCUT2D eigenvalue weighted by Crippen LogP contribution is -2.18. The van der Waals surface area contributed by atoms with Gasteiger partial charge in [0.2, 0.25) is 11.8 Å². The van der Waals surface area contributed by atoms with E-state index in [0.29, 0.717) is 34.2 Å². The lowest BCUT2D eigenvalue weighted by Gasteiger charge is -2.13. The molecule has 2 N–H and O–H groups in total. The SMILES string of the molecule is C=CC(=O)Nc1ncc(-c2cccc(C(C)C(=O)Nc3ncc(C(F)(F)F)s3)c2)cc1C#N. The van der Waals surface area contributed by atoms with Crippen LogP contribution < -0.4 is 10.6 Å². The topological polar surface area (TPSA) is 108 Å². The summed E-state index contributed by atoms with van der Waals surface area (Å²) in [4.78, 5) is 30.9. The van der Waals surface area contributed by atoms with Gasteiger partial charge in [-0.05, 0) is 30.2 Å². The van der Waals surface area contributed by atoms with Crippen LogP contribution in [-0.4, -0.2) is 21.8 Å². The molecule has 1 unspecified atom stereocenters. The van der Waals surface area contributed by atoms with E-state index < -0.39 is 28.8 Å². The van der Waals surface area contributed by atoms with E-state index in [9.17, 15) is 28.0 Å². The Morgan fingerprint density at radius 1 is 1.18 bits per heavy atom. The van der Waals surface area contributed by atoms with E-state index in [1.807, 2.05) is 6.07 Å². The number of benzene rings is 1. The van der Waals surface area contributed by atoms with Crippen LogP contribution >= 0.6 is 11.3 Å². The number of hydrogen-bond donors (Lipinski definition) is 2. The molecule has 7 nitrogen and oxygen atoms in total. The molecule has 0 aliphatic rings. The van der Waals surface area contributed by atoms with Crippen LogP contribution in [-0.2, 0) is 15.8 Å². The first-order chi connectivity index (χ1) is 15.6. The fourth-order valence-corrected chi connectivity index (χ4v) is 3.48. The molecule has 2 amide bonds. The van der Waals surface area contributed by atoms with Gasteiger partial charge in [-0.25, -0.2) is 9.97 Å². The van der Waals surface area contributed by atoms with E-state index in [-0.39, 0.29) is 16.5 Å². The second-order valence-electron chi connectivity index (χ2n) is 6.79. The molecule has 0 aliphatic carbocycles. The lowest BCUT2D eigenvalue weighted by atomic mass is 9.96. The molecular weight excluding hydrogens is 455 g/mol. The van der Waals surface area contributed by atoms with E-state index in [1.54, 1.807) is 37.3 Å². The van der Waals surface area contributed by atoms with Crippen molar-refractivity contribution >= 4 is 34.1 Å². The molecule has 0 fully saturated rings. The Hall–Kier alpha value is -4.04. The highest BCUT2D eigenvalue weighted by molar-refractivity contribution is 7.15. The summed E-state index contributed by atoms with van der Waals surface area (Å²) in [6, 6.07) is 10.4. The molecule has 2 aromatic heterocycles. The van der Waals surface area contributed by atoms with Crippen LogP contribution in [0.25, 0.3) is 11.1 Å². The number of nitrogens with zero attached hydrogens (tertiary/aromatic N) is 3. The molecule has 0 spiro atoms. The van der Waals surface area contributed by atoms with Crippen LogP contribution in [0.3, 0.4) is 0 Å². The van der Waals surface area contributed by atoms with Crippen molar-refractivity contribution in [2.24, 2.45) is 0 Å². The first-order valence-corrected chi connectivity index (χ1v) is 10.2. The third kappa shape index (κ3) is 5.61. The average molecular weight is 471 g/mol. The van der Waals surface area contributed by atoms with Crippen molar-refractivity contribution in [3.05, 3.63) is 71.4 Å². The Morgan fingerprint density at radius 3 is 2.58 bits per heavy atom. The summed E-state index contributed by atoms with van der Waals surface area (Å²) in [6.07, 6.45) is -1.33. The summed E-state index contributed by atoms with van der Waals surface area (Å²) in [5.41, 5.74) is 1.97. The van der Waals surface area contributed by atoms with Gasteiger partial charge in [-0.1, -0.05) is 42.2 Å². The number of pyridine rings is 1. The van der Waals surface area contributed by atoms with E-state index in [0.717, 1.165) is 6.08 Å². The van der Waals surface area contributed by atoms with Gasteiger partial charge >= 0.3 is 6.18 Å². The molecule has 1 aromatic carbocycles. The van der Waals surface area contributed by atoms with Crippen molar-refractivity contribution in [1.29, 1.82) is 5.26 Å². The van der Waals surface area contributed by atoms with Gasteiger partial charge < -0.3 is 10.6 Å². The first kappa shape index (κ1) is 23.6. The molecule has 0 saturated heterocycles. The number of nitrogens with one attached hydrogen (secondary N) is 2. The van der Waals surface area contributed by atoms with Crippen molar-refractivity contribution in [3.8, 4) is 17.2 Å². The largest absolute Gasteiger partial charge is 0.427 e. The maximum atomic E-state index is 12.7. The Bertz CT molecular complexity index is 1260. The smallest absolute Gasteiger partial charge is 0.306 e. The summed E-state index contributed by atoms with van der Waals surface area (Å²) in [6.45, 7) is 4.96. The zero-order valence-electron chi connectivity index (χ0n) is 17.1. The molecule has 0 bridgehead atoms. The number of carbonyl (C=O) groups excluding carboxylic acids is 2.